The summed E-state index contributed by atoms with van der Waals surface area (Å²) in [5.74, 6) is -0.0915. The second kappa shape index (κ2) is 7.76. The van der Waals surface area contributed by atoms with E-state index in [1.807, 2.05) is 0 Å². The van der Waals surface area contributed by atoms with Gasteiger partial charge in [-0.2, -0.15) is 5.10 Å². The first-order valence-corrected chi connectivity index (χ1v) is 9.49. The number of aliphatic hydroxyl groups is 1. The van der Waals surface area contributed by atoms with Gasteiger partial charge >= 0.3 is 0 Å². The highest BCUT2D eigenvalue weighted by Gasteiger charge is 2.64. The zero-order chi connectivity index (χ0) is 18.6. The SMILES string of the molecule is CCCCCNC(=O)C1(C(O)(Cn2cncn2)c2ccc(Cl)cc2)CC1. The lowest BCUT2D eigenvalue weighted by atomic mass is 9.77. The fourth-order valence-corrected chi connectivity index (χ4v) is 3.62. The summed E-state index contributed by atoms with van der Waals surface area (Å²) in [6.07, 6.45) is 7.38. The largest absolute Gasteiger partial charge is 0.382 e. The molecule has 0 spiro atoms. The fourth-order valence-electron chi connectivity index (χ4n) is 3.49. The van der Waals surface area contributed by atoms with Gasteiger partial charge in [0.25, 0.3) is 0 Å². The van der Waals surface area contributed by atoms with Crippen LogP contribution in [0.5, 0.6) is 0 Å². The summed E-state index contributed by atoms with van der Waals surface area (Å²) in [5, 5.41) is 19.4. The molecule has 6 nitrogen and oxygen atoms in total. The number of carbonyl (C=O) groups is 1. The average Bonchev–Trinajstić information content (AvgIpc) is 3.31. The molecule has 0 aliphatic heterocycles. The van der Waals surface area contributed by atoms with Crippen molar-refractivity contribution in [2.24, 2.45) is 5.41 Å². The van der Waals surface area contributed by atoms with Crippen LogP contribution < -0.4 is 5.32 Å². The third-order valence-corrected chi connectivity index (χ3v) is 5.47. The lowest BCUT2D eigenvalue weighted by Gasteiger charge is -2.36. The number of carbonyl (C=O) groups excluding carboxylic acids is 1. The number of aromatic nitrogens is 3. The van der Waals surface area contributed by atoms with E-state index >= 15 is 0 Å². The van der Waals surface area contributed by atoms with Crippen molar-refractivity contribution < 1.29 is 9.90 Å². The van der Waals surface area contributed by atoms with Crippen LogP contribution in [0.1, 0.15) is 44.6 Å². The van der Waals surface area contributed by atoms with Crippen LogP contribution >= 0.6 is 11.6 Å². The molecule has 1 saturated carbocycles. The van der Waals surface area contributed by atoms with Gasteiger partial charge in [-0.15, -0.1) is 0 Å². The number of hydrogen-bond acceptors (Lipinski definition) is 4. The van der Waals surface area contributed by atoms with Gasteiger partial charge in [0.05, 0.1) is 12.0 Å². The van der Waals surface area contributed by atoms with Crippen molar-refractivity contribution in [1.82, 2.24) is 20.1 Å². The standard InChI is InChI=1S/C19H25ClN4O2/c1-2-3-4-11-22-17(25)18(9-10-18)19(26,12-24-14-21-13-23-24)15-5-7-16(20)8-6-15/h5-8,13-14,26H,2-4,9-12H2,1H3,(H,22,25). The number of nitrogens with one attached hydrogen (secondary N) is 1. The number of amides is 1. The van der Waals surface area contributed by atoms with E-state index in [0.717, 1.165) is 19.3 Å². The van der Waals surface area contributed by atoms with Crippen LogP contribution in [0.3, 0.4) is 0 Å². The zero-order valence-corrected chi connectivity index (χ0v) is 15.7. The summed E-state index contributed by atoms with van der Waals surface area (Å²) < 4.78 is 1.57. The number of hydrogen-bond donors (Lipinski definition) is 2. The Morgan fingerprint density at radius 3 is 2.65 bits per heavy atom. The van der Waals surface area contributed by atoms with E-state index in [-0.39, 0.29) is 12.5 Å². The summed E-state index contributed by atoms with van der Waals surface area (Å²) >= 11 is 6.01. The minimum absolute atomic E-state index is 0.0915. The topological polar surface area (TPSA) is 80.0 Å². The summed E-state index contributed by atoms with van der Waals surface area (Å²) in [5.41, 5.74) is -1.56. The van der Waals surface area contributed by atoms with Crippen LogP contribution in [-0.2, 0) is 16.9 Å². The third-order valence-electron chi connectivity index (χ3n) is 5.22. The van der Waals surface area contributed by atoms with Gasteiger partial charge in [-0.25, -0.2) is 9.67 Å². The van der Waals surface area contributed by atoms with Crippen molar-refractivity contribution in [2.75, 3.05) is 6.54 Å². The number of benzene rings is 1. The van der Waals surface area contributed by atoms with Crippen molar-refractivity contribution >= 4 is 17.5 Å². The molecule has 0 saturated heterocycles. The molecule has 1 aliphatic rings. The van der Waals surface area contributed by atoms with Crippen molar-refractivity contribution in [3.05, 3.63) is 47.5 Å². The monoisotopic (exact) mass is 376 g/mol. The second-order valence-corrected chi connectivity index (χ2v) is 7.44. The maximum absolute atomic E-state index is 13.0. The Bertz CT molecular complexity index is 729. The Morgan fingerprint density at radius 2 is 2.08 bits per heavy atom. The van der Waals surface area contributed by atoms with E-state index in [1.54, 1.807) is 35.3 Å². The Kier molecular flexibility index (Phi) is 5.63. The maximum Gasteiger partial charge on any atom is 0.229 e. The molecule has 1 aliphatic carbocycles. The van der Waals surface area contributed by atoms with Crippen LogP contribution in [0, 0.1) is 5.41 Å². The third kappa shape index (κ3) is 3.62. The van der Waals surface area contributed by atoms with Gasteiger partial charge in [-0.1, -0.05) is 43.5 Å². The number of unbranched alkanes of at least 4 members (excludes halogenated alkanes) is 2. The van der Waals surface area contributed by atoms with E-state index in [4.69, 9.17) is 11.6 Å². The molecular weight excluding hydrogens is 352 g/mol. The predicted molar refractivity (Wildman–Crippen MR) is 99.6 cm³/mol. The van der Waals surface area contributed by atoms with Gasteiger partial charge in [0.15, 0.2) is 0 Å². The van der Waals surface area contributed by atoms with Gasteiger partial charge < -0.3 is 10.4 Å². The van der Waals surface area contributed by atoms with Crippen molar-refractivity contribution in [2.45, 2.75) is 51.2 Å². The minimum atomic E-state index is -1.37. The summed E-state index contributed by atoms with van der Waals surface area (Å²) in [6, 6.07) is 7.03. The first-order chi connectivity index (χ1) is 12.5. The van der Waals surface area contributed by atoms with E-state index in [2.05, 4.69) is 22.3 Å². The van der Waals surface area contributed by atoms with E-state index < -0.39 is 11.0 Å². The Labute approximate surface area is 158 Å². The number of rotatable bonds is 9. The summed E-state index contributed by atoms with van der Waals surface area (Å²) in [6.45, 7) is 2.92. The smallest absolute Gasteiger partial charge is 0.229 e. The zero-order valence-electron chi connectivity index (χ0n) is 15.0. The lowest BCUT2D eigenvalue weighted by Crippen LogP contribution is -2.49. The molecule has 26 heavy (non-hydrogen) atoms. The fraction of sp³-hybridized carbons (Fsp3) is 0.526. The van der Waals surface area contributed by atoms with Gasteiger partial charge in [0, 0.05) is 11.6 Å². The van der Waals surface area contributed by atoms with Crippen molar-refractivity contribution in [3.8, 4) is 0 Å². The molecule has 2 aromatic rings. The van der Waals surface area contributed by atoms with E-state index in [1.165, 1.54) is 6.33 Å². The first-order valence-electron chi connectivity index (χ1n) is 9.11. The molecule has 1 heterocycles. The van der Waals surface area contributed by atoms with Crippen molar-refractivity contribution in [3.63, 3.8) is 0 Å². The predicted octanol–water partition coefficient (Wildman–Crippen LogP) is 2.91. The second-order valence-electron chi connectivity index (χ2n) is 7.01. The molecule has 7 heteroatoms. The highest BCUT2D eigenvalue weighted by Crippen LogP contribution is 2.59. The molecule has 1 aromatic heterocycles. The van der Waals surface area contributed by atoms with Crippen LogP contribution in [0.4, 0.5) is 0 Å². The molecular formula is C19H25ClN4O2. The first kappa shape index (κ1) is 18.9. The van der Waals surface area contributed by atoms with Gasteiger partial charge in [0.2, 0.25) is 5.91 Å². The van der Waals surface area contributed by atoms with Gasteiger partial charge in [-0.05, 0) is 37.0 Å². The molecule has 3 rings (SSSR count). The normalized spacial score (nSPS) is 17.5. The Morgan fingerprint density at radius 1 is 1.35 bits per heavy atom. The van der Waals surface area contributed by atoms with E-state index in [0.29, 0.717) is 30.0 Å². The molecule has 1 aromatic carbocycles. The molecule has 2 N–H and O–H groups in total. The summed E-state index contributed by atoms with van der Waals surface area (Å²) in [4.78, 5) is 16.9. The minimum Gasteiger partial charge on any atom is -0.382 e. The Balaban J connectivity index is 1.87. The quantitative estimate of drug-likeness (QED) is 0.659. The summed E-state index contributed by atoms with van der Waals surface area (Å²) in [7, 11) is 0. The molecule has 0 bridgehead atoms. The molecule has 1 fully saturated rings. The van der Waals surface area contributed by atoms with Crippen LogP contribution in [0.2, 0.25) is 5.02 Å². The number of halogens is 1. The van der Waals surface area contributed by atoms with Gasteiger partial charge in [-0.3, -0.25) is 4.79 Å². The van der Waals surface area contributed by atoms with Crippen LogP contribution in [0.25, 0.3) is 0 Å². The molecule has 1 unspecified atom stereocenters. The lowest BCUT2D eigenvalue weighted by molar-refractivity contribution is -0.141. The maximum atomic E-state index is 13.0. The van der Waals surface area contributed by atoms with Crippen LogP contribution in [-0.4, -0.2) is 32.3 Å². The van der Waals surface area contributed by atoms with Gasteiger partial charge in [0.1, 0.15) is 18.3 Å². The molecule has 1 atom stereocenters. The van der Waals surface area contributed by atoms with Crippen LogP contribution in [0.15, 0.2) is 36.9 Å². The number of nitrogens with zero attached hydrogens (tertiary/aromatic N) is 3. The van der Waals surface area contributed by atoms with Crippen molar-refractivity contribution in [1.29, 1.82) is 0 Å². The molecule has 140 valence electrons. The Hall–Kier alpha value is -1.92. The van der Waals surface area contributed by atoms with E-state index in [9.17, 15) is 9.90 Å². The highest BCUT2D eigenvalue weighted by atomic mass is 35.5. The molecule has 1 amide bonds. The average molecular weight is 377 g/mol. The molecule has 0 radical (unpaired) electrons. The highest BCUT2D eigenvalue weighted by molar-refractivity contribution is 6.30.